The molecule has 0 bridgehead atoms. The fraction of sp³-hybridized carbons (Fsp3) is 0.238. The number of nitrogens with zero attached hydrogens (tertiary/aromatic N) is 2. The van der Waals surface area contributed by atoms with E-state index in [0.717, 1.165) is 35.0 Å². The van der Waals surface area contributed by atoms with Gasteiger partial charge in [-0.05, 0) is 42.8 Å². The van der Waals surface area contributed by atoms with Crippen molar-refractivity contribution in [1.82, 2.24) is 4.57 Å². The summed E-state index contributed by atoms with van der Waals surface area (Å²) >= 11 is 0. The van der Waals surface area contributed by atoms with E-state index in [1.165, 1.54) is 0 Å². The summed E-state index contributed by atoms with van der Waals surface area (Å²) in [6, 6.07) is 14.9. The molecule has 0 fully saturated rings. The van der Waals surface area contributed by atoms with Gasteiger partial charge in [0.15, 0.2) is 0 Å². The van der Waals surface area contributed by atoms with Crippen molar-refractivity contribution in [3.63, 3.8) is 0 Å². The number of anilines is 2. The van der Waals surface area contributed by atoms with E-state index in [1.54, 1.807) is 0 Å². The summed E-state index contributed by atoms with van der Waals surface area (Å²) in [6.45, 7) is 2.83. The second-order valence-electron chi connectivity index (χ2n) is 6.48. The number of benzene rings is 2. The number of nitrogens with one attached hydrogen (secondary N) is 2. The van der Waals surface area contributed by atoms with Crippen LogP contribution in [-0.4, -0.2) is 23.0 Å². The van der Waals surface area contributed by atoms with Gasteiger partial charge in [0.1, 0.15) is 5.84 Å². The Labute approximate surface area is 159 Å². The van der Waals surface area contributed by atoms with Gasteiger partial charge in [-0.2, -0.15) is 0 Å². The maximum absolute atomic E-state index is 12.3. The second kappa shape index (κ2) is 8.40. The largest absolute Gasteiger partial charge is 0.384 e. The lowest BCUT2D eigenvalue weighted by Crippen LogP contribution is -2.20. The number of aliphatic imine (C=N–C) groups is 1. The van der Waals surface area contributed by atoms with Gasteiger partial charge in [-0.1, -0.05) is 25.5 Å². The van der Waals surface area contributed by atoms with Crippen LogP contribution in [0.3, 0.4) is 0 Å². The van der Waals surface area contributed by atoms with Crippen molar-refractivity contribution in [2.24, 2.45) is 17.8 Å². The van der Waals surface area contributed by atoms with Crippen molar-refractivity contribution < 1.29 is 4.79 Å². The Morgan fingerprint density at radius 1 is 1.11 bits per heavy atom. The lowest BCUT2D eigenvalue weighted by molar-refractivity contribution is 0.262. The van der Waals surface area contributed by atoms with Gasteiger partial charge in [-0.15, -0.1) is 0 Å². The van der Waals surface area contributed by atoms with Crippen LogP contribution in [0.25, 0.3) is 10.9 Å². The zero-order valence-corrected chi connectivity index (χ0v) is 15.7. The summed E-state index contributed by atoms with van der Waals surface area (Å²) < 4.78 is 2.04. The van der Waals surface area contributed by atoms with E-state index in [4.69, 9.17) is 5.73 Å². The highest BCUT2D eigenvalue weighted by Crippen LogP contribution is 2.20. The predicted octanol–water partition coefficient (Wildman–Crippen LogP) is 4.33. The quantitative estimate of drug-likeness (QED) is 0.346. The van der Waals surface area contributed by atoms with E-state index in [2.05, 4.69) is 22.5 Å². The van der Waals surface area contributed by atoms with Crippen molar-refractivity contribution >= 4 is 34.1 Å². The van der Waals surface area contributed by atoms with Crippen molar-refractivity contribution in [3.8, 4) is 0 Å². The first-order valence-electron chi connectivity index (χ1n) is 9.10. The van der Waals surface area contributed by atoms with Gasteiger partial charge in [0.05, 0.1) is 0 Å². The molecule has 0 saturated heterocycles. The normalized spacial score (nSPS) is 11.6. The molecule has 6 nitrogen and oxygen atoms in total. The van der Waals surface area contributed by atoms with Gasteiger partial charge >= 0.3 is 6.03 Å². The average Bonchev–Trinajstić information content (AvgIpc) is 3.02. The fourth-order valence-electron chi connectivity index (χ4n) is 2.86. The molecule has 0 saturated carbocycles. The van der Waals surface area contributed by atoms with Crippen LogP contribution in [0.2, 0.25) is 0 Å². The van der Waals surface area contributed by atoms with Crippen LogP contribution in [0.5, 0.6) is 0 Å². The predicted molar refractivity (Wildman–Crippen MR) is 113 cm³/mol. The lowest BCUT2D eigenvalue weighted by Gasteiger charge is -2.09. The summed E-state index contributed by atoms with van der Waals surface area (Å²) in [4.78, 5) is 16.7. The number of rotatable bonds is 6. The summed E-state index contributed by atoms with van der Waals surface area (Å²) in [5.74, 6) is 0.488. The maximum Gasteiger partial charge on any atom is 0.323 e. The highest BCUT2D eigenvalue weighted by atomic mass is 16.2. The van der Waals surface area contributed by atoms with Crippen molar-refractivity contribution in [2.45, 2.75) is 19.8 Å². The number of aryl methyl sites for hydroxylation is 1. The number of unbranched alkanes of at least 4 members (excludes halogenated alkanes) is 1. The fourth-order valence-corrected chi connectivity index (χ4v) is 2.86. The molecule has 3 aromatic rings. The first-order chi connectivity index (χ1) is 13.1. The monoisotopic (exact) mass is 363 g/mol. The van der Waals surface area contributed by atoms with E-state index >= 15 is 0 Å². The van der Waals surface area contributed by atoms with Crippen LogP contribution < -0.4 is 16.4 Å². The van der Waals surface area contributed by atoms with Gasteiger partial charge in [0, 0.05) is 47.6 Å². The van der Waals surface area contributed by atoms with Crippen LogP contribution in [0.15, 0.2) is 59.7 Å². The standard InChI is InChI=1S/C21H25N5O/c1-3-4-11-23-20(22)16-6-5-7-17(14-16)24-21(27)25-18-8-9-19-15(13-18)10-12-26(19)2/h5-10,12-14H,3-4,11H2,1-2H3,(H2,22,23)(H2,24,25,27). The summed E-state index contributed by atoms with van der Waals surface area (Å²) in [7, 11) is 1.99. The van der Waals surface area contributed by atoms with Gasteiger partial charge < -0.3 is 20.9 Å². The smallest absolute Gasteiger partial charge is 0.323 e. The molecule has 140 valence electrons. The Balaban J connectivity index is 1.66. The van der Waals surface area contributed by atoms with E-state index in [1.807, 2.05) is 66.3 Å². The number of fused-ring (bicyclic) bond motifs is 1. The molecule has 0 spiro atoms. The molecule has 2 amide bonds. The van der Waals surface area contributed by atoms with E-state index < -0.39 is 0 Å². The maximum atomic E-state index is 12.3. The number of nitrogens with two attached hydrogens (primary N) is 1. The Bertz CT molecular complexity index is 974. The molecular weight excluding hydrogens is 338 g/mol. The zero-order valence-electron chi connectivity index (χ0n) is 15.7. The second-order valence-corrected chi connectivity index (χ2v) is 6.48. The third-order valence-electron chi connectivity index (χ3n) is 4.35. The molecule has 27 heavy (non-hydrogen) atoms. The van der Waals surface area contributed by atoms with E-state index in [9.17, 15) is 4.79 Å². The lowest BCUT2D eigenvalue weighted by atomic mass is 10.2. The SMILES string of the molecule is CCCCN=C(N)c1cccc(NC(=O)Nc2ccc3c(ccn3C)c2)c1. The number of hydrogen-bond acceptors (Lipinski definition) is 2. The molecule has 3 rings (SSSR count). The Hall–Kier alpha value is -3.28. The first kappa shape index (κ1) is 18.5. The van der Waals surface area contributed by atoms with Crippen molar-refractivity contribution in [1.29, 1.82) is 0 Å². The molecule has 0 aliphatic rings. The molecular formula is C21H25N5O. The minimum absolute atomic E-state index is 0.302. The zero-order chi connectivity index (χ0) is 19.2. The number of carbonyl (C=O) groups is 1. The number of hydrogen-bond donors (Lipinski definition) is 3. The highest BCUT2D eigenvalue weighted by Gasteiger charge is 2.06. The van der Waals surface area contributed by atoms with Crippen molar-refractivity contribution in [3.05, 3.63) is 60.3 Å². The van der Waals surface area contributed by atoms with Gasteiger partial charge in [0.2, 0.25) is 0 Å². The van der Waals surface area contributed by atoms with Gasteiger partial charge in [-0.3, -0.25) is 4.99 Å². The van der Waals surface area contributed by atoms with E-state index in [-0.39, 0.29) is 6.03 Å². The number of amides is 2. The molecule has 6 heteroatoms. The Kier molecular flexibility index (Phi) is 5.76. The van der Waals surface area contributed by atoms with Crippen LogP contribution in [0, 0.1) is 0 Å². The minimum Gasteiger partial charge on any atom is -0.384 e. The van der Waals surface area contributed by atoms with Gasteiger partial charge in [-0.25, -0.2) is 4.79 Å². The Morgan fingerprint density at radius 2 is 1.89 bits per heavy atom. The van der Waals surface area contributed by atoms with Crippen LogP contribution in [0.1, 0.15) is 25.3 Å². The number of amidine groups is 1. The molecule has 0 unspecified atom stereocenters. The number of urea groups is 1. The van der Waals surface area contributed by atoms with Crippen LogP contribution in [0.4, 0.5) is 16.2 Å². The summed E-state index contributed by atoms with van der Waals surface area (Å²) in [5.41, 5.74) is 9.36. The molecule has 1 aromatic heterocycles. The van der Waals surface area contributed by atoms with Crippen molar-refractivity contribution in [2.75, 3.05) is 17.2 Å². The molecule has 0 aliphatic heterocycles. The van der Waals surface area contributed by atoms with Gasteiger partial charge in [0.25, 0.3) is 0 Å². The third-order valence-corrected chi connectivity index (χ3v) is 4.35. The topological polar surface area (TPSA) is 84.4 Å². The molecule has 4 N–H and O–H groups in total. The van der Waals surface area contributed by atoms with E-state index in [0.29, 0.717) is 18.1 Å². The summed E-state index contributed by atoms with van der Waals surface area (Å²) in [5, 5.41) is 6.78. The molecule has 0 radical (unpaired) electrons. The molecule has 1 heterocycles. The highest BCUT2D eigenvalue weighted by molar-refractivity contribution is 6.03. The summed E-state index contributed by atoms with van der Waals surface area (Å²) in [6.07, 6.45) is 4.08. The molecule has 0 atom stereocenters. The van der Waals surface area contributed by atoms with Crippen LogP contribution in [-0.2, 0) is 7.05 Å². The molecule has 2 aromatic carbocycles. The third kappa shape index (κ3) is 4.67. The average molecular weight is 363 g/mol. The minimum atomic E-state index is -0.302. The molecule has 0 aliphatic carbocycles. The number of carbonyl (C=O) groups excluding carboxylic acids is 1. The Morgan fingerprint density at radius 3 is 2.67 bits per heavy atom. The number of aromatic nitrogens is 1. The van der Waals surface area contributed by atoms with Crippen LogP contribution >= 0.6 is 0 Å². The first-order valence-corrected chi connectivity index (χ1v) is 9.10.